The smallest absolute Gasteiger partial charge is 0.357 e. The number of hydroxylamine groups is 4. The van der Waals surface area contributed by atoms with Gasteiger partial charge in [-0.2, -0.15) is 5.06 Å². The fourth-order valence-electron chi connectivity index (χ4n) is 5.81. The minimum Gasteiger partial charge on any atom is -0.363 e. The molecule has 5 heteroatoms. The zero-order chi connectivity index (χ0) is 24.5. The van der Waals surface area contributed by atoms with Crippen LogP contribution < -0.4 is 0 Å². The molecule has 0 bridgehead atoms. The van der Waals surface area contributed by atoms with Crippen molar-refractivity contribution in [2.45, 2.75) is 116 Å². The van der Waals surface area contributed by atoms with E-state index in [1.54, 1.807) is 0 Å². The number of carbonyl (C=O) groups excluding carboxylic acids is 1. The van der Waals surface area contributed by atoms with Crippen LogP contribution in [0.25, 0.3) is 5.57 Å². The summed E-state index contributed by atoms with van der Waals surface area (Å²) in [6, 6.07) is 9.76. The van der Waals surface area contributed by atoms with Crippen molar-refractivity contribution in [3.63, 3.8) is 0 Å². The first-order valence-corrected chi connectivity index (χ1v) is 12.5. The third-order valence-electron chi connectivity index (χ3n) is 7.32. The molecule has 0 radical (unpaired) electrons. The Morgan fingerprint density at radius 3 is 1.73 bits per heavy atom. The van der Waals surface area contributed by atoms with Crippen LogP contribution in [0.2, 0.25) is 0 Å². The summed E-state index contributed by atoms with van der Waals surface area (Å²) in [5, 5.41) is 4.05. The van der Waals surface area contributed by atoms with Crippen molar-refractivity contribution in [1.82, 2.24) is 10.1 Å². The van der Waals surface area contributed by atoms with Gasteiger partial charge in [0.05, 0.1) is 23.3 Å². The lowest BCUT2D eigenvalue weighted by molar-refractivity contribution is -0.274. The van der Waals surface area contributed by atoms with Gasteiger partial charge in [0.25, 0.3) is 0 Å². The van der Waals surface area contributed by atoms with Crippen molar-refractivity contribution < 1.29 is 14.5 Å². The number of benzene rings is 1. The van der Waals surface area contributed by atoms with Gasteiger partial charge in [-0.1, -0.05) is 30.3 Å². The van der Waals surface area contributed by atoms with E-state index in [-0.39, 0.29) is 28.1 Å². The third-order valence-corrected chi connectivity index (χ3v) is 7.32. The van der Waals surface area contributed by atoms with Gasteiger partial charge in [-0.15, -0.1) is 5.06 Å². The molecule has 0 N–H and O–H groups in total. The topological polar surface area (TPSA) is 42.0 Å². The molecule has 0 saturated carbocycles. The van der Waals surface area contributed by atoms with Gasteiger partial charge in [0.15, 0.2) is 0 Å². The van der Waals surface area contributed by atoms with Gasteiger partial charge in [0.1, 0.15) is 0 Å². The van der Waals surface area contributed by atoms with Gasteiger partial charge in [-0.25, -0.2) is 4.79 Å². The summed E-state index contributed by atoms with van der Waals surface area (Å²) in [7, 11) is 0. The van der Waals surface area contributed by atoms with E-state index in [9.17, 15) is 4.79 Å². The molecule has 2 aliphatic rings. The Bertz CT molecular complexity index is 823. The predicted octanol–water partition coefficient (Wildman–Crippen LogP) is 6.55. The molecule has 2 saturated heterocycles. The monoisotopic (exact) mass is 456 g/mol. The Labute approximate surface area is 201 Å². The standard InChI is InChI=1S/C28H44N2O3/c1-25(2)17-12-18-26(3,4)29(25)32-21-16-23(22-14-10-9-11-15-22)24(31)33-30-27(5,6)19-13-20-28(30,7)8/h9-11,14-16H,12-13,17-21H2,1-8H3/b23-16+. The predicted molar refractivity (Wildman–Crippen MR) is 134 cm³/mol. The second kappa shape index (κ2) is 9.52. The van der Waals surface area contributed by atoms with Gasteiger partial charge < -0.3 is 4.84 Å². The number of nitrogens with zero attached hydrogens (tertiary/aromatic N) is 2. The van der Waals surface area contributed by atoms with E-state index < -0.39 is 0 Å². The molecule has 3 rings (SSSR count). The zero-order valence-electron chi connectivity index (χ0n) is 22.0. The van der Waals surface area contributed by atoms with Crippen LogP contribution >= 0.6 is 0 Å². The lowest BCUT2D eigenvalue weighted by Crippen LogP contribution is -2.59. The van der Waals surface area contributed by atoms with Crippen LogP contribution in [0.4, 0.5) is 0 Å². The fraction of sp³-hybridized carbons (Fsp3) is 0.679. The second-order valence-corrected chi connectivity index (χ2v) is 12.2. The fourth-order valence-corrected chi connectivity index (χ4v) is 5.81. The van der Waals surface area contributed by atoms with Crippen LogP contribution in [0.15, 0.2) is 36.4 Å². The number of rotatable bonds is 6. The first kappa shape index (κ1) is 25.9. The van der Waals surface area contributed by atoms with Crippen molar-refractivity contribution >= 4 is 11.5 Å². The average molecular weight is 457 g/mol. The van der Waals surface area contributed by atoms with Crippen LogP contribution in [-0.4, -0.2) is 44.9 Å². The lowest BCUT2D eigenvalue weighted by Gasteiger charge is -2.51. The summed E-state index contributed by atoms with van der Waals surface area (Å²) in [4.78, 5) is 26.0. The number of hydrogen-bond acceptors (Lipinski definition) is 5. The SMILES string of the molecule is CC1(C)CCCC(C)(C)N1OC/C=C(/C(=O)ON1C(C)(C)CCCC1(C)C)c1ccccc1. The Balaban J connectivity index is 1.83. The van der Waals surface area contributed by atoms with Gasteiger partial charge in [-0.05, 0) is 106 Å². The third kappa shape index (κ3) is 5.87. The minimum atomic E-state index is -0.329. The highest BCUT2D eigenvalue weighted by Crippen LogP contribution is 2.40. The molecule has 33 heavy (non-hydrogen) atoms. The normalized spacial score (nSPS) is 24.9. The van der Waals surface area contributed by atoms with E-state index in [1.807, 2.05) is 41.5 Å². The van der Waals surface area contributed by atoms with E-state index in [2.05, 4.69) is 60.5 Å². The molecule has 0 amide bonds. The van der Waals surface area contributed by atoms with Crippen molar-refractivity contribution in [2.24, 2.45) is 0 Å². The maximum Gasteiger partial charge on any atom is 0.357 e. The van der Waals surface area contributed by atoms with Gasteiger partial charge in [0.2, 0.25) is 0 Å². The molecule has 2 heterocycles. The van der Waals surface area contributed by atoms with E-state index in [0.29, 0.717) is 12.2 Å². The number of carbonyl (C=O) groups is 1. The molecule has 1 aromatic carbocycles. The van der Waals surface area contributed by atoms with Crippen molar-refractivity contribution in [3.8, 4) is 0 Å². The highest BCUT2D eigenvalue weighted by atomic mass is 16.7. The maximum absolute atomic E-state index is 13.5. The lowest BCUT2D eigenvalue weighted by atomic mass is 9.82. The van der Waals surface area contributed by atoms with Crippen LogP contribution in [0.5, 0.6) is 0 Å². The molecule has 0 spiro atoms. The molecule has 1 aromatic rings. The van der Waals surface area contributed by atoms with Crippen molar-refractivity contribution in [3.05, 3.63) is 42.0 Å². The van der Waals surface area contributed by atoms with Crippen LogP contribution in [0.3, 0.4) is 0 Å². The van der Waals surface area contributed by atoms with Crippen LogP contribution in [-0.2, 0) is 14.5 Å². The van der Waals surface area contributed by atoms with Crippen LogP contribution in [0.1, 0.15) is 99.5 Å². The highest BCUT2D eigenvalue weighted by Gasteiger charge is 2.45. The Morgan fingerprint density at radius 1 is 0.788 bits per heavy atom. The second-order valence-electron chi connectivity index (χ2n) is 12.2. The van der Waals surface area contributed by atoms with Gasteiger partial charge in [-0.3, -0.25) is 4.84 Å². The molecule has 2 aliphatic heterocycles. The number of hydrogen-bond donors (Lipinski definition) is 0. The zero-order valence-corrected chi connectivity index (χ0v) is 22.0. The summed E-state index contributed by atoms with van der Waals surface area (Å²) < 4.78 is 0. The summed E-state index contributed by atoms with van der Waals surface area (Å²) in [5.41, 5.74) is 0.862. The quantitative estimate of drug-likeness (QED) is 0.454. The molecule has 2 fully saturated rings. The maximum atomic E-state index is 13.5. The summed E-state index contributed by atoms with van der Waals surface area (Å²) >= 11 is 0. The molecule has 0 aliphatic carbocycles. The molecule has 0 atom stereocenters. The summed E-state index contributed by atoms with van der Waals surface area (Å²) in [6.45, 7) is 17.8. The molecule has 0 unspecified atom stereocenters. The Morgan fingerprint density at radius 2 is 1.24 bits per heavy atom. The van der Waals surface area contributed by atoms with Crippen molar-refractivity contribution in [1.29, 1.82) is 0 Å². The molecular formula is C28H44N2O3. The van der Waals surface area contributed by atoms with E-state index in [0.717, 1.165) is 37.7 Å². The van der Waals surface area contributed by atoms with Crippen LogP contribution in [0, 0.1) is 0 Å². The Kier molecular flexibility index (Phi) is 7.48. The molecule has 0 aromatic heterocycles. The summed E-state index contributed by atoms with van der Waals surface area (Å²) in [6.07, 6.45) is 8.37. The molecule has 184 valence electrons. The molecule has 5 nitrogen and oxygen atoms in total. The van der Waals surface area contributed by atoms with E-state index in [1.165, 1.54) is 6.42 Å². The molecular weight excluding hydrogens is 412 g/mol. The largest absolute Gasteiger partial charge is 0.363 e. The van der Waals surface area contributed by atoms with Gasteiger partial charge in [0, 0.05) is 11.1 Å². The summed E-state index contributed by atoms with van der Waals surface area (Å²) in [5.74, 6) is -0.329. The minimum absolute atomic E-state index is 0.0507. The highest BCUT2D eigenvalue weighted by molar-refractivity contribution is 6.16. The van der Waals surface area contributed by atoms with Crippen molar-refractivity contribution in [2.75, 3.05) is 6.61 Å². The number of piperidine rings is 2. The van der Waals surface area contributed by atoms with E-state index >= 15 is 0 Å². The Hall–Kier alpha value is -1.69. The van der Waals surface area contributed by atoms with Gasteiger partial charge >= 0.3 is 5.97 Å². The van der Waals surface area contributed by atoms with E-state index in [4.69, 9.17) is 9.68 Å². The average Bonchev–Trinajstić information content (AvgIpc) is 2.69. The first-order chi connectivity index (χ1) is 15.3. The first-order valence-electron chi connectivity index (χ1n) is 12.5.